The van der Waals surface area contributed by atoms with Gasteiger partial charge in [-0.3, -0.25) is 9.59 Å². The monoisotopic (exact) mass is 395 g/mol. The molecule has 2 aromatic carbocycles. The van der Waals surface area contributed by atoms with Crippen molar-refractivity contribution < 1.29 is 19.1 Å². The zero-order chi connectivity index (χ0) is 19.3. The van der Waals surface area contributed by atoms with Crippen molar-refractivity contribution in [2.45, 2.75) is 18.3 Å². The molecule has 0 aromatic heterocycles. The smallest absolute Gasteiger partial charge is 0.313 e. The number of anilines is 1. The van der Waals surface area contributed by atoms with Crippen LogP contribution in [-0.4, -0.2) is 30.1 Å². The normalized spacial score (nSPS) is 30.0. The van der Waals surface area contributed by atoms with Crippen LogP contribution in [-0.2, 0) is 25.7 Å². The summed E-state index contributed by atoms with van der Waals surface area (Å²) in [5.41, 5.74) is 0.835. The Morgan fingerprint density at radius 3 is 2.82 bits per heavy atom. The van der Waals surface area contributed by atoms with Gasteiger partial charge in [0, 0.05) is 10.7 Å². The van der Waals surface area contributed by atoms with E-state index in [1.165, 1.54) is 0 Å². The number of carbonyl (C=O) groups excluding carboxylic acids is 2. The Labute approximate surface area is 167 Å². The van der Waals surface area contributed by atoms with Crippen LogP contribution in [0.4, 0.5) is 5.69 Å². The molecule has 3 aliphatic heterocycles. The van der Waals surface area contributed by atoms with E-state index in [1.54, 1.807) is 23.1 Å². The molecule has 1 spiro atoms. The molecule has 3 heterocycles. The molecular weight excluding hydrogens is 378 g/mol. The SMILES string of the molecule is O=C(OCc1ccccc1)[C@@H]1[C@H]2C(=O)N(c3cccc(Cl)c3)C[C@]23C=C[C@H]1O3. The Bertz CT molecular complexity index is 976. The highest BCUT2D eigenvalue weighted by Gasteiger charge is 2.67. The molecule has 5 rings (SSSR count). The summed E-state index contributed by atoms with van der Waals surface area (Å²) in [7, 11) is 0. The first-order valence-electron chi connectivity index (χ1n) is 9.22. The molecule has 2 saturated heterocycles. The molecule has 142 valence electrons. The number of esters is 1. The predicted octanol–water partition coefficient (Wildman–Crippen LogP) is 3.37. The first-order valence-corrected chi connectivity index (χ1v) is 9.60. The van der Waals surface area contributed by atoms with Gasteiger partial charge in [-0.1, -0.05) is 60.2 Å². The second kappa shape index (κ2) is 6.47. The van der Waals surface area contributed by atoms with Crippen molar-refractivity contribution in [3.05, 3.63) is 77.3 Å². The van der Waals surface area contributed by atoms with Gasteiger partial charge in [-0.25, -0.2) is 0 Å². The third-order valence-corrected chi connectivity index (χ3v) is 5.95. The summed E-state index contributed by atoms with van der Waals surface area (Å²) in [4.78, 5) is 27.7. The number of ether oxygens (including phenoxy) is 2. The van der Waals surface area contributed by atoms with Crippen LogP contribution in [0.3, 0.4) is 0 Å². The van der Waals surface area contributed by atoms with Crippen LogP contribution in [0.1, 0.15) is 5.56 Å². The molecular formula is C22H18ClNO4. The topological polar surface area (TPSA) is 55.8 Å². The summed E-state index contributed by atoms with van der Waals surface area (Å²) in [5, 5.41) is 0.555. The number of carbonyl (C=O) groups is 2. The van der Waals surface area contributed by atoms with Gasteiger partial charge in [-0.2, -0.15) is 0 Å². The van der Waals surface area contributed by atoms with Gasteiger partial charge < -0.3 is 14.4 Å². The second-order valence-electron chi connectivity index (χ2n) is 7.40. The number of fused-ring (bicyclic) bond motifs is 1. The van der Waals surface area contributed by atoms with E-state index in [4.69, 9.17) is 21.1 Å². The van der Waals surface area contributed by atoms with E-state index in [2.05, 4.69) is 0 Å². The Hall–Kier alpha value is -2.63. The van der Waals surface area contributed by atoms with Gasteiger partial charge >= 0.3 is 5.97 Å². The summed E-state index contributed by atoms with van der Waals surface area (Å²) >= 11 is 6.09. The average molecular weight is 396 g/mol. The van der Waals surface area contributed by atoms with E-state index in [9.17, 15) is 9.59 Å². The van der Waals surface area contributed by atoms with Crippen LogP contribution < -0.4 is 4.90 Å². The van der Waals surface area contributed by atoms with Crippen molar-refractivity contribution in [3.63, 3.8) is 0 Å². The fourth-order valence-corrected chi connectivity index (χ4v) is 4.64. The number of halogens is 1. The average Bonchev–Trinajstić information content (AvgIpc) is 3.35. The van der Waals surface area contributed by atoms with Crippen molar-refractivity contribution in [2.75, 3.05) is 11.4 Å². The molecule has 0 unspecified atom stereocenters. The highest BCUT2D eigenvalue weighted by molar-refractivity contribution is 6.31. The van der Waals surface area contributed by atoms with Gasteiger partial charge in [0.1, 0.15) is 18.1 Å². The Balaban J connectivity index is 1.39. The predicted molar refractivity (Wildman–Crippen MR) is 104 cm³/mol. The lowest BCUT2D eigenvalue weighted by Crippen LogP contribution is -2.40. The van der Waals surface area contributed by atoms with Gasteiger partial charge in [0.2, 0.25) is 5.91 Å². The molecule has 6 heteroatoms. The number of amides is 1. The molecule has 5 nitrogen and oxygen atoms in total. The molecule has 1 amide bonds. The van der Waals surface area contributed by atoms with Crippen molar-refractivity contribution in [2.24, 2.45) is 11.8 Å². The number of rotatable bonds is 4. The molecule has 28 heavy (non-hydrogen) atoms. The number of hydrogen-bond acceptors (Lipinski definition) is 4. The van der Waals surface area contributed by atoms with Crippen molar-refractivity contribution >= 4 is 29.2 Å². The van der Waals surface area contributed by atoms with E-state index in [-0.39, 0.29) is 12.5 Å². The van der Waals surface area contributed by atoms with Crippen LogP contribution in [0.2, 0.25) is 5.02 Å². The lowest BCUT2D eigenvalue weighted by atomic mass is 9.77. The van der Waals surface area contributed by atoms with Crippen LogP contribution in [0.5, 0.6) is 0 Å². The summed E-state index contributed by atoms with van der Waals surface area (Å²) < 4.78 is 11.6. The highest BCUT2D eigenvalue weighted by atomic mass is 35.5. The maximum atomic E-state index is 13.2. The number of benzene rings is 2. The Morgan fingerprint density at radius 1 is 1.21 bits per heavy atom. The zero-order valence-corrected chi connectivity index (χ0v) is 15.7. The Morgan fingerprint density at radius 2 is 2.04 bits per heavy atom. The van der Waals surface area contributed by atoms with Gasteiger partial charge in [-0.15, -0.1) is 0 Å². The molecule has 2 aromatic rings. The maximum absolute atomic E-state index is 13.2. The Kier molecular flexibility index (Phi) is 4.03. The third-order valence-electron chi connectivity index (χ3n) is 5.72. The molecule has 0 saturated carbocycles. The minimum atomic E-state index is -0.777. The highest BCUT2D eigenvalue weighted by Crippen LogP contribution is 2.53. The van der Waals surface area contributed by atoms with E-state index in [1.807, 2.05) is 48.6 Å². The number of hydrogen-bond donors (Lipinski definition) is 0. The van der Waals surface area contributed by atoms with E-state index < -0.39 is 29.5 Å². The molecule has 0 aliphatic carbocycles. The summed E-state index contributed by atoms with van der Waals surface area (Å²) in [6.45, 7) is 0.546. The van der Waals surface area contributed by atoms with Crippen LogP contribution >= 0.6 is 11.6 Å². The van der Waals surface area contributed by atoms with Crippen molar-refractivity contribution in [3.8, 4) is 0 Å². The molecule has 0 N–H and O–H groups in total. The first kappa shape index (κ1) is 17.5. The third kappa shape index (κ3) is 2.65. The van der Waals surface area contributed by atoms with Gasteiger partial charge in [0.15, 0.2) is 0 Å². The van der Waals surface area contributed by atoms with Gasteiger partial charge in [-0.05, 0) is 23.8 Å². The minimum Gasteiger partial charge on any atom is -0.460 e. The molecule has 0 radical (unpaired) electrons. The zero-order valence-electron chi connectivity index (χ0n) is 15.0. The van der Waals surface area contributed by atoms with Gasteiger partial charge in [0.25, 0.3) is 0 Å². The number of nitrogens with zero attached hydrogens (tertiary/aromatic N) is 1. The second-order valence-corrected chi connectivity index (χ2v) is 7.83. The van der Waals surface area contributed by atoms with Crippen LogP contribution in [0.15, 0.2) is 66.7 Å². The molecule has 3 aliphatic rings. The van der Waals surface area contributed by atoms with E-state index >= 15 is 0 Å². The fourth-order valence-electron chi connectivity index (χ4n) is 4.45. The maximum Gasteiger partial charge on any atom is 0.313 e. The lowest BCUT2D eigenvalue weighted by molar-refractivity contribution is -0.153. The van der Waals surface area contributed by atoms with E-state index in [0.29, 0.717) is 17.3 Å². The van der Waals surface area contributed by atoms with E-state index in [0.717, 1.165) is 5.56 Å². The van der Waals surface area contributed by atoms with Crippen LogP contribution in [0.25, 0.3) is 0 Å². The minimum absolute atomic E-state index is 0.129. The molecule has 2 bridgehead atoms. The summed E-state index contributed by atoms with van der Waals surface area (Å²) in [6, 6.07) is 16.6. The lowest BCUT2D eigenvalue weighted by Gasteiger charge is -2.22. The first-order chi connectivity index (χ1) is 13.6. The summed E-state index contributed by atoms with van der Waals surface area (Å²) in [6.07, 6.45) is 3.38. The fraction of sp³-hybridized carbons (Fsp3) is 0.273. The van der Waals surface area contributed by atoms with Crippen LogP contribution in [0, 0.1) is 11.8 Å². The summed E-state index contributed by atoms with van der Waals surface area (Å²) in [5.74, 6) is -1.74. The standard InChI is InChI=1S/C22H18ClNO4/c23-15-7-4-8-16(11-15)24-13-22-10-9-17(28-22)18(19(22)20(24)25)21(26)27-12-14-5-2-1-3-6-14/h1-11,17-19H,12-13H2/t17-,18+,19+,22-/m1/s1. The largest absolute Gasteiger partial charge is 0.460 e. The molecule has 2 fully saturated rings. The van der Waals surface area contributed by atoms with Crippen molar-refractivity contribution in [1.29, 1.82) is 0 Å². The van der Waals surface area contributed by atoms with Gasteiger partial charge in [0.05, 0.1) is 18.6 Å². The quantitative estimate of drug-likeness (QED) is 0.588. The van der Waals surface area contributed by atoms with Crippen molar-refractivity contribution in [1.82, 2.24) is 0 Å². The molecule has 4 atom stereocenters.